The molecule has 4 heterocycles. The molecule has 108 valence electrons. The summed E-state index contributed by atoms with van der Waals surface area (Å²) in [5.74, 6) is 0. The van der Waals surface area contributed by atoms with Crippen LogP contribution >= 0.6 is 23.2 Å². The number of anilines is 1. The van der Waals surface area contributed by atoms with Crippen molar-refractivity contribution < 1.29 is 0 Å². The monoisotopic (exact) mass is 319 g/mol. The summed E-state index contributed by atoms with van der Waals surface area (Å²) in [6.07, 6.45) is 3.80. The van der Waals surface area contributed by atoms with E-state index < -0.39 is 0 Å². The summed E-state index contributed by atoms with van der Waals surface area (Å²) in [6, 6.07) is 8.40. The van der Waals surface area contributed by atoms with Crippen molar-refractivity contribution in [1.29, 1.82) is 0 Å². The minimum absolute atomic E-state index is 0.636. The Morgan fingerprint density at radius 1 is 1.05 bits per heavy atom. The van der Waals surface area contributed by atoms with E-state index in [9.17, 15) is 0 Å². The van der Waals surface area contributed by atoms with Gasteiger partial charge in [-0.2, -0.15) is 0 Å². The molecule has 0 radical (unpaired) electrons. The van der Waals surface area contributed by atoms with Crippen LogP contribution in [0.2, 0.25) is 10.0 Å². The first-order valence-electron chi connectivity index (χ1n) is 7.10. The highest BCUT2D eigenvalue weighted by Gasteiger charge is 2.36. The predicted molar refractivity (Wildman–Crippen MR) is 87.3 cm³/mol. The van der Waals surface area contributed by atoms with Gasteiger partial charge in [-0.3, -0.25) is 9.88 Å². The molecular formula is C16H15Cl2N3. The van der Waals surface area contributed by atoms with E-state index in [4.69, 9.17) is 23.2 Å². The number of aromatic nitrogens is 1. The second kappa shape index (κ2) is 5.16. The number of piperazine rings is 2. The molecule has 5 heteroatoms. The van der Waals surface area contributed by atoms with E-state index in [0.717, 1.165) is 24.2 Å². The zero-order valence-corrected chi connectivity index (χ0v) is 13.0. The van der Waals surface area contributed by atoms with Crippen molar-refractivity contribution in [3.05, 3.63) is 46.7 Å². The fraction of sp³-hybridized carbons (Fsp3) is 0.312. The van der Waals surface area contributed by atoms with Gasteiger partial charge < -0.3 is 4.90 Å². The molecule has 3 aliphatic rings. The molecule has 3 aliphatic heterocycles. The standard InChI is InChI=1S/C16H15Cl2N3/c17-12-1-2-15(16(18)6-12)11-5-13(8-19-7-11)21-4-3-20-9-14(21)10-20/h1-2,5-8,14H,3-4,9-10H2. The number of pyridine rings is 1. The van der Waals surface area contributed by atoms with Crippen molar-refractivity contribution in [2.24, 2.45) is 0 Å². The third-order valence-corrected chi connectivity index (χ3v) is 4.88. The van der Waals surface area contributed by atoms with Crippen LogP contribution in [-0.2, 0) is 0 Å². The first-order valence-corrected chi connectivity index (χ1v) is 7.86. The molecule has 1 aromatic carbocycles. The smallest absolute Gasteiger partial charge is 0.0562 e. The Labute approximate surface area is 134 Å². The minimum Gasteiger partial charge on any atom is -0.363 e. The molecule has 0 amide bonds. The van der Waals surface area contributed by atoms with Gasteiger partial charge in [0.1, 0.15) is 0 Å². The first-order chi connectivity index (χ1) is 10.2. The Hall–Kier alpha value is -1.29. The van der Waals surface area contributed by atoms with Gasteiger partial charge in [0.05, 0.1) is 17.9 Å². The number of hydrogen-bond donors (Lipinski definition) is 0. The summed E-state index contributed by atoms with van der Waals surface area (Å²) in [5, 5.41) is 1.31. The lowest BCUT2D eigenvalue weighted by molar-refractivity contribution is 0.110. The summed E-state index contributed by atoms with van der Waals surface area (Å²) in [4.78, 5) is 9.34. The maximum atomic E-state index is 6.31. The molecule has 0 aliphatic carbocycles. The van der Waals surface area contributed by atoms with Crippen LogP contribution in [-0.4, -0.2) is 42.1 Å². The van der Waals surface area contributed by atoms with Crippen molar-refractivity contribution in [1.82, 2.24) is 9.88 Å². The van der Waals surface area contributed by atoms with Crippen LogP contribution in [0.3, 0.4) is 0 Å². The summed E-state index contributed by atoms with van der Waals surface area (Å²) in [5.41, 5.74) is 3.20. The van der Waals surface area contributed by atoms with Gasteiger partial charge in [-0.15, -0.1) is 0 Å². The van der Waals surface area contributed by atoms with Gasteiger partial charge in [0.2, 0.25) is 0 Å². The lowest BCUT2D eigenvalue weighted by Crippen LogP contribution is -2.66. The van der Waals surface area contributed by atoms with Crippen LogP contribution in [0.1, 0.15) is 0 Å². The maximum Gasteiger partial charge on any atom is 0.0562 e. The highest BCUT2D eigenvalue weighted by molar-refractivity contribution is 6.36. The Kier molecular flexibility index (Phi) is 3.29. The number of fused-ring (bicyclic) bond motifs is 2. The van der Waals surface area contributed by atoms with Crippen LogP contribution in [0.5, 0.6) is 0 Å². The molecule has 0 unspecified atom stereocenters. The molecule has 1 aromatic heterocycles. The molecule has 21 heavy (non-hydrogen) atoms. The zero-order valence-electron chi connectivity index (χ0n) is 11.5. The van der Waals surface area contributed by atoms with Gasteiger partial charge in [0.15, 0.2) is 0 Å². The maximum absolute atomic E-state index is 6.31. The second-order valence-corrected chi connectivity index (χ2v) is 6.51. The number of halogens is 2. The van der Waals surface area contributed by atoms with Crippen LogP contribution < -0.4 is 4.90 Å². The van der Waals surface area contributed by atoms with Gasteiger partial charge in [0, 0.05) is 53.5 Å². The molecular weight excluding hydrogens is 305 g/mol. The van der Waals surface area contributed by atoms with Gasteiger partial charge in [0.25, 0.3) is 0 Å². The number of rotatable bonds is 2. The predicted octanol–water partition coefficient (Wildman–Crippen LogP) is 3.56. The molecule has 5 rings (SSSR count). The molecule has 3 saturated heterocycles. The molecule has 0 N–H and O–H groups in total. The van der Waals surface area contributed by atoms with Crippen molar-refractivity contribution in [3.63, 3.8) is 0 Å². The number of nitrogens with zero attached hydrogens (tertiary/aromatic N) is 3. The summed E-state index contributed by atoms with van der Waals surface area (Å²) >= 11 is 12.3. The minimum atomic E-state index is 0.636. The van der Waals surface area contributed by atoms with E-state index in [2.05, 4.69) is 20.9 Å². The molecule has 2 aromatic rings. The van der Waals surface area contributed by atoms with E-state index >= 15 is 0 Å². The quantitative estimate of drug-likeness (QED) is 0.843. The van der Waals surface area contributed by atoms with Crippen molar-refractivity contribution >= 4 is 28.9 Å². The SMILES string of the molecule is Clc1ccc(-c2cncc(N3CCN4CC3C4)c2)c(Cl)c1. The lowest BCUT2D eigenvalue weighted by atomic mass is 10.0. The van der Waals surface area contributed by atoms with E-state index in [1.165, 1.54) is 18.8 Å². The van der Waals surface area contributed by atoms with E-state index in [1.54, 1.807) is 6.07 Å². The third-order valence-electron chi connectivity index (χ3n) is 4.33. The zero-order chi connectivity index (χ0) is 14.4. The van der Waals surface area contributed by atoms with E-state index in [0.29, 0.717) is 16.1 Å². The van der Waals surface area contributed by atoms with Crippen LogP contribution in [0.25, 0.3) is 11.1 Å². The third kappa shape index (κ3) is 2.39. The summed E-state index contributed by atoms with van der Waals surface area (Å²) < 4.78 is 0. The normalized spacial score (nSPS) is 23.8. The fourth-order valence-electron chi connectivity index (χ4n) is 3.15. The van der Waals surface area contributed by atoms with Crippen LogP contribution in [0.15, 0.2) is 36.7 Å². The summed E-state index contributed by atoms with van der Waals surface area (Å²) in [6.45, 7) is 4.56. The second-order valence-electron chi connectivity index (χ2n) is 5.66. The molecule has 3 nitrogen and oxygen atoms in total. The van der Waals surface area contributed by atoms with Crippen LogP contribution in [0, 0.1) is 0 Å². The Balaban J connectivity index is 1.69. The number of benzene rings is 1. The molecule has 0 spiro atoms. The Morgan fingerprint density at radius 2 is 1.90 bits per heavy atom. The lowest BCUT2D eigenvalue weighted by Gasteiger charge is -2.52. The Morgan fingerprint density at radius 3 is 2.62 bits per heavy atom. The molecule has 0 saturated carbocycles. The van der Waals surface area contributed by atoms with Crippen LogP contribution in [0.4, 0.5) is 5.69 Å². The van der Waals surface area contributed by atoms with Gasteiger partial charge in [-0.1, -0.05) is 29.3 Å². The number of hydrogen-bond acceptors (Lipinski definition) is 3. The van der Waals surface area contributed by atoms with E-state index in [-0.39, 0.29) is 0 Å². The van der Waals surface area contributed by atoms with Crippen molar-refractivity contribution in [2.45, 2.75) is 6.04 Å². The van der Waals surface area contributed by atoms with Crippen molar-refractivity contribution in [2.75, 3.05) is 31.1 Å². The highest BCUT2D eigenvalue weighted by atomic mass is 35.5. The highest BCUT2D eigenvalue weighted by Crippen LogP contribution is 2.33. The van der Waals surface area contributed by atoms with Crippen molar-refractivity contribution in [3.8, 4) is 11.1 Å². The average molecular weight is 320 g/mol. The largest absolute Gasteiger partial charge is 0.363 e. The molecule has 2 bridgehead atoms. The summed E-state index contributed by atoms with van der Waals surface area (Å²) in [7, 11) is 0. The molecule has 0 atom stereocenters. The van der Waals surface area contributed by atoms with E-state index in [1.807, 2.05) is 24.5 Å². The first kappa shape index (κ1) is 13.4. The van der Waals surface area contributed by atoms with Gasteiger partial charge >= 0.3 is 0 Å². The van der Waals surface area contributed by atoms with Gasteiger partial charge in [-0.25, -0.2) is 0 Å². The van der Waals surface area contributed by atoms with Gasteiger partial charge in [-0.05, 0) is 18.2 Å². The fourth-order valence-corrected chi connectivity index (χ4v) is 3.67. The molecule has 3 fully saturated rings. The Bertz CT molecular complexity index is 680. The average Bonchev–Trinajstić information content (AvgIpc) is 2.46. The topological polar surface area (TPSA) is 19.4 Å².